The molecule has 24 heavy (non-hydrogen) atoms. The normalized spacial score (nSPS) is 10.7. The summed E-state index contributed by atoms with van der Waals surface area (Å²) in [6.45, 7) is 1.94. The van der Waals surface area contributed by atoms with Crippen LogP contribution in [-0.4, -0.2) is 18.4 Å². The summed E-state index contributed by atoms with van der Waals surface area (Å²) in [4.78, 5) is 15.7. The average molecular weight is 442 g/mol. The second kappa shape index (κ2) is 9.86. The van der Waals surface area contributed by atoms with Gasteiger partial charge in [-0.3, -0.25) is 4.79 Å². The molecular weight excluding hydrogens is 422 g/mol. The Morgan fingerprint density at radius 2 is 1.83 bits per heavy atom. The van der Waals surface area contributed by atoms with E-state index in [1.54, 1.807) is 0 Å². The van der Waals surface area contributed by atoms with Crippen molar-refractivity contribution in [3.63, 3.8) is 0 Å². The van der Waals surface area contributed by atoms with E-state index in [9.17, 15) is 9.18 Å². The van der Waals surface area contributed by atoms with E-state index in [2.05, 4.69) is 22.5 Å². The lowest BCUT2D eigenvalue weighted by Crippen LogP contribution is -2.25. The summed E-state index contributed by atoms with van der Waals surface area (Å²) in [5.74, 6) is -0.528. The van der Waals surface area contributed by atoms with Crippen LogP contribution in [-0.2, 0) is 11.2 Å². The molecule has 1 amide bonds. The van der Waals surface area contributed by atoms with Crippen molar-refractivity contribution in [2.75, 3.05) is 17.2 Å². The van der Waals surface area contributed by atoms with Crippen LogP contribution in [0.3, 0.4) is 0 Å². The summed E-state index contributed by atoms with van der Waals surface area (Å²) in [6, 6.07) is 13.3. The number of nitrogens with zero attached hydrogens (tertiary/aromatic N) is 1. The third kappa shape index (κ3) is 6.53. The minimum Gasteiger partial charge on any atom is -0.370 e. The number of benzene rings is 2. The van der Waals surface area contributed by atoms with Gasteiger partial charge in [-0.2, -0.15) is 0 Å². The third-order valence-corrected chi connectivity index (χ3v) is 3.13. The van der Waals surface area contributed by atoms with Crippen molar-refractivity contribution in [2.24, 2.45) is 10.7 Å². The molecule has 0 heterocycles. The number of halogens is 2. The Bertz CT molecular complexity index is 704. The van der Waals surface area contributed by atoms with Gasteiger partial charge in [0.25, 0.3) is 0 Å². The van der Waals surface area contributed by atoms with Crippen molar-refractivity contribution in [3.8, 4) is 0 Å². The number of aliphatic imine (C=N–C) groups is 1. The predicted molar refractivity (Wildman–Crippen MR) is 106 cm³/mol. The molecule has 0 saturated heterocycles. The van der Waals surface area contributed by atoms with Crippen molar-refractivity contribution in [1.29, 1.82) is 0 Å². The van der Waals surface area contributed by atoms with E-state index >= 15 is 0 Å². The summed E-state index contributed by atoms with van der Waals surface area (Å²) < 4.78 is 12.8. The first-order chi connectivity index (χ1) is 11.1. The van der Waals surface area contributed by atoms with Crippen molar-refractivity contribution in [2.45, 2.75) is 13.3 Å². The van der Waals surface area contributed by atoms with Crippen LogP contribution in [0.5, 0.6) is 0 Å². The molecule has 0 fully saturated rings. The lowest BCUT2D eigenvalue weighted by atomic mass is 10.1. The molecule has 128 valence electrons. The molecule has 5 nitrogen and oxygen atoms in total. The van der Waals surface area contributed by atoms with Crippen LogP contribution in [0.2, 0.25) is 0 Å². The molecule has 0 unspecified atom stereocenters. The second-order valence-corrected chi connectivity index (χ2v) is 4.94. The number of carbonyl (C=O) groups is 1. The lowest BCUT2D eigenvalue weighted by molar-refractivity contribution is -0.114. The number of hydrogen-bond donors (Lipinski definition) is 3. The SMILES string of the molecule is CCc1cccc(NC(N)=NCC(=O)Nc2ccc(F)cc2)c1.I. The Hall–Kier alpha value is -2.16. The van der Waals surface area contributed by atoms with Crippen molar-refractivity contribution in [3.05, 3.63) is 59.9 Å². The van der Waals surface area contributed by atoms with Gasteiger partial charge in [0, 0.05) is 11.4 Å². The van der Waals surface area contributed by atoms with Crippen LogP contribution in [0.1, 0.15) is 12.5 Å². The van der Waals surface area contributed by atoms with E-state index in [-0.39, 0.29) is 48.2 Å². The highest BCUT2D eigenvalue weighted by atomic mass is 127. The fourth-order valence-corrected chi connectivity index (χ4v) is 1.95. The molecule has 0 radical (unpaired) electrons. The molecule has 7 heteroatoms. The average Bonchev–Trinajstić information content (AvgIpc) is 2.55. The summed E-state index contributed by atoms with van der Waals surface area (Å²) in [5, 5.41) is 5.55. The van der Waals surface area contributed by atoms with Crippen LogP contribution in [0, 0.1) is 5.82 Å². The maximum Gasteiger partial charge on any atom is 0.246 e. The number of carbonyl (C=O) groups excluding carboxylic acids is 1. The van der Waals surface area contributed by atoms with E-state index in [1.807, 2.05) is 24.3 Å². The maximum atomic E-state index is 12.8. The molecule has 2 aromatic rings. The van der Waals surface area contributed by atoms with Gasteiger partial charge in [0.2, 0.25) is 5.91 Å². The number of anilines is 2. The summed E-state index contributed by atoms with van der Waals surface area (Å²) in [5.41, 5.74) is 8.28. The van der Waals surface area contributed by atoms with Gasteiger partial charge in [-0.1, -0.05) is 19.1 Å². The molecule has 0 bridgehead atoms. The molecular formula is C17H20FIN4O. The molecule has 0 aliphatic rings. The quantitative estimate of drug-likeness (QED) is 0.378. The molecule has 0 aliphatic carbocycles. The van der Waals surface area contributed by atoms with Gasteiger partial charge in [0.15, 0.2) is 5.96 Å². The smallest absolute Gasteiger partial charge is 0.246 e. The maximum absolute atomic E-state index is 12.8. The number of amides is 1. The highest BCUT2D eigenvalue weighted by molar-refractivity contribution is 14.0. The Balaban J connectivity index is 0.00000288. The van der Waals surface area contributed by atoms with Gasteiger partial charge >= 0.3 is 0 Å². The zero-order chi connectivity index (χ0) is 16.7. The topological polar surface area (TPSA) is 79.5 Å². The van der Waals surface area contributed by atoms with Crippen LogP contribution in [0.4, 0.5) is 15.8 Å². The number of nitrogens with one attached hydrogen (secondary N) is 2. The van der Waals surface area contributed by atoms with E-state index < -0.39 is 0 Å². The summed E-state index contributed by atoms with van der Waals surface area (Å²) >= 11 is 0. The van der Waals surface area contributed by atoms with Gasteiger partial charge < -0.3 is 16.4 Å². The second-order valence-electron chi connectivity index (χ2n) is 4.94. The lowest BCUT2D eigenvalue weighted by Gasteiger charge is -2.07. The highest BCUT2D eigenvalue weighted by Gasteiger charge is 2.02. The van der Waals surface area contributed by atoms with Crippen molar-refractivity contribution >= 4 is 47.2 Å². The Kier molecular flexibility index (Phi) is 8.17. The minimum atomic E-state index is -0.358. The van der Waals surface area contributed by atoms with Gasteiger partial charge in [-0.15, -0.1) is 24.0 Å². The Morgan fingerprint density at radius 3 is 2.50 bits per heavy atom. The first kappa shape index (κ1) is 19.9. The van der Waals surface area contributed by atoms with Crippen LogP contribution < -0.4 is 16.4 Å². The fraction of sp³-hybridized carbons (Fsp3) is 0.176. The minimum absolute atomic E-state index is 0. The number of nitrogens with two attached hydrogens (primary N) is 1. The number of hydrogen-bond acceptors (Lipinski definition) is 2. The zero-order valence-corrected chi connectivity index (χ0v) is 15.6. The highest BCUT2D eigenvalue weighted by Crippen LogP contribution is 2.11. The predicted octanol–water partition coefficient (Wildman–Crippen LogP) is 3.37. The molecule has 2 aromatic carbocycles. The molecule has 0 spiro atoms. The van der Waals surface area contributed by atoms with Gasteiger partial charge in [-0.25, -0.2) is 9.38 Å². The van der Waals surface area contributed by atoms with Gasteiger partial charge in [0.05, 0.1) is 0 Å². The van der Waals surface area contributed by atoms with Gasteiger partial charge in [0.1, 0.15) is 12.4 Å². The fourth-order valence-electron chi connectivity index (χ4n) is 1.95. The van der Waals surface area contributed by atoms with Crippen LogP contribution in [0.15, 0.2) is 53.5 Å². The number of rotatable bonds is 5. The summed E-state index contributed by atoms with van der Waals surface area (Å²) in [7, 11) is 0. The molecule has 0 aliphatic heterocycles. The number of aryl methyl sites for hydroxylation is 1. The number of guanidine groups is 1. The molecule has 0 atom stereocenters. The van der Waals surface area contributed by atoms with Gasteiger partial charge in [-0.05, 0) is 48.4 Å². The zero-order valence-electron chi connectivity index (χ0n) is 13.3. The van der Waals surface area contributed by atoms with Crippen molar-refractivity contribution in [1.82, 2.24) is 0 Å². The molecule has 0 aromatic heterocycles. The third-order valence-electron chi connectivity index (χ3n) is 3.13. The van der Waals surface area contributed by atoms with E-state index in [0.717, 1.165) is 12.1 Å². The van der Waals surface area contributed by atoms with Crippen LogP contribution in [0.25, 0.3) is 0 Å². The van der Waals surface area contributed by atoms with Crippen molar-refractivity contribution < 1.29 is 9.18 Å². The monoisotopic (exact) mass is 442 g/mol. The molecule has 2 rings (SSSR count). The largest absolute Gasteiger partial charge is 0.370 e. The Morgan fingerprint density at radius 1 is 1.12 bits per heavy atom. The van der Waals surface area contributed by atoms with Crippen LogP contribution >= 0.6 is 24.0 Å². The van der Waals surface area contributed by atoms with E-state index in [0.29, 0.717) is 5.69 Å². The molecule has 0 saturated carbocycles. The standard InChI is InChI=1S/C17H19FN4O.HI/c1-2-12-4-3-5-15(10-12)22-17(19)20-11-16(23)21-14-8-6-13(18)7-9-14;/h3-10H,2,11H2,1H3,(H,21,23)(H3,19,20,22);1H. The molecule has 4 N–H and O–H groups in total. The summed E-state index contributed by atoms with van der Waals surface area (Å²) in [6.07, 6.45) is 0.923. The first-order valence-corrected chi connectivity index (χ1v) is 7.28. The Labute approximate surface area is 157 Å². The van der Waals surface area contributed by atoms with E-state index in [1.165, 1.54) is 29.8 Å². The van der Waals surface area contributed by atoms with E-state index in [4.69, 9.17) is 5.73 Å². The first-order valence-electron chi connectivity index (χ1n) is 7.28.